The first kappa shape index (κ1) is 25.2. The molecule has 5 aromatic rings. The maximum Gasteiger partial charge on any atom is 0.416 e. The van der Waals surface area contributed by atoms with Crippen molar-refractivity contribution < 1.29 is 31.1 Å². The van der Waals surface area contributed by atoms with Crippen LogP contribution in [0.25, 0.3) is 27.5 Å². The highest BCUT2D eigenvalue weighted by atomic mass is 19.4. The molecule has 0 atom stereocenters. The molecule has 0 radical (unpaired) electrons. The molecule has 38 heavy (non-hydrogen) atoms. The Morgan fingerprint density at radius 1 is 0.842 bits per heavy atom. The lowest BCUT2D eigenvalue weighted by Gasteiger charge is -2.22. The molecule has 5 rings (SSSR count). The Hall–Kier alpha value is -4.41. The largest absolute Gasteiger partial charge is 0.416 e. The molecule has 1 amide bonds. The summed E-state index contributed by atoms with van der Waals surface area (Å²) in [4.78, 5) is 14.9. The van der Waals surface area contributed by atoms with Crippen molar-refractivity contribution >= 4 is 22.3 Å². The van der Waals surface area contributed by atoms with Crippen molar-refractivity contribution in [3.63, 3.8) is 0 Å². The second-order valence-electron chi connectivity index (χ2n) is 8.74. The van der Waals surface area contributed by atoms with Crippen LogP contribution in [-0.2, 0) is 18.9 Å². The van der Waals surface area contributed by atoms with Gasteiger partial charge in [-0.2, -0.15) is 26.3 Å². The van der Waals surface area contributed by atoms with E-state index in [0.29, 0.717) is 34.3 Å². The van der Waals surface area contributed by atoms with E-state index in [4.69, 9.17) is 0 Å². The SMILES string of the molecule is CN(Cc1cc(C(F)(F)F)cc(C(F)(F)F)c1)C(=O)c1c(-c2ccccc2)c2ccccc2c2nncn12. The second-order valence-corrected chi connectivity index (χ2v) is 8.74. The van der Waals surface area contributed by atoms with Crippen molar-refractivity contribution in [3.05, 3.63) is 102 Å². The number of hydrogen-bond acceptors (Lipinski definition) is 3. The van der Waals surface area contributed by atoms with Gasteiger partial charge in [0.2, 0.25) is 0 Å². The smallest absolute Gasteiger partial charge is 0.336 e. The fourth-order valence-corrected chi connectivity index (χ4v) is 4.47. The lowest BCUT2D eigenvalue weighted by molar-refractivity contribution is -0.143. The Kier molecular flexibility index (Phi) is 6.09. The zero-order chi connectivity index (χ0) is 27.2. The highest BCUT2D eigenvalue weighted by molar-refractivity contribution is 6.12. The maximum atomic E-state index is 13.9. The van der Waals surface area contributed by atoms with Crippen LogP contribution in [0.15, 0.2) is 79.1 Å². The van der Waals surface area contributed by atoms with Crippen LogP contribution in [0.2, 0.25) is 0 Å². The van der Waals surface area contributed by atoms with Gasteiger partial charge < -0.3 is 4.90 Å². The van der Waals surface area contributed by atoms with Crippen molar-refractivity contribution in [1.82, 2.24) is 19.5 Å². The van der Waals surface area contributed by atoms with Crippen LogP contribution in [0.5, 0.6) is 0 Å². The molecule has 0 N–H and O–H groups in total. The normalized spacial score (nSPS) is 12.3. The summed E-state index contributed by atoms with van der Waals surface area (Å²) < 4.78 is 81.6. The monoisotopic (exact) mass is 528 g/mol. The molecule has 0 aliphatic heterocycles. The van der Waals surface area contributed by atoms with Gasteiger partial charge in [-0.1, -0.05) is 54.6 Å². The van der Waals surface area contributed by atoms with Crippen LogP contribution >= 0.6 is 0 Å². The standard InChI is InChI=1S/C27H18F6N4O/c1-36(14-16-11-18(26(28,29)30)13-19(12-16)27(31,32)33)25(38)23-22(17-7-3-2-4-8-17)20-9-5-6-10-21(20)24-35-34-15-37(23)24/h2-13,15H,14H2,1H3. The lowest BCUT2D eigenvalue weighted by Crippen LogP contribution is -2.29. The second kappa shape index (κ2) is 9.16. The summed E-state index contributed by atoms with van der Waals surface area (Å²) in [5.41, 5.74) is -1.47. The number of amides is 1. The van der Waals surface area contributed by atoms with Crippen LogP contribution in [0.1, 0.15) is 27.2 Å². The number of alkyl halides is 6. The van der Waals surface area contributed by atoms with Gasteiger partial charge in [0.15, 0.2) is 5.65 Å². The number of carbonyl (C=O) groups excluding carboxylic acids is 1. The van der Waals surface area contributed by atoms with Crippen LogP contribution in [0.4, 0.5) is 26.3 Å². The minimum absolute atomic E-state index is 0.0584. The van der Waals surface area contributed by atoms with E-state index < -0.39 is 35.9 Å². The number of nitrogens with zero attached hydrogens (tertiary/aromatic N) is 4. The third-order valence-electron chi connectivity index (χ3n) is 6.14. The van der Waals surface area contributed by atoms with Crippen LogP contribution < -0.4 is 0 Å². The van der Waals surface area contributed by atoms with E-state index in [9.17, 15) is 31.1 Å². The van der Waals surface area contributed by atoms with Gasteiger partial charge in [0.25, 0.3) is 5.91 Å². The van der Waals surface area contributed by atoms with Gasteiger partial charge in [0.05, 0.1) is 11.1 Å². The first-order chi connectivity index (χ1) is 17.9. The van der Waals surface area contributed by atoms with Gasteiger partial charge in [-0.15, -0.1) is 10.2 Å². The number of pyridine rings is 1. The number of benzene rings is 3. The quantitative estimate of drug-likeness (QED) is 0.240. The average molecular weight is 528 g/mol. The van der Waals surface area contributed by atoms with Gasteiger partial charge in [-0.25, -0.2) is 0 Å². The minimum Gasteiger partial charge on any atom is -0.336 e. The first-order valence-electron chi connectivity index (χ1n) is 11.3. The van der Waals surface area contributed by atoms with E-state index in [0.717, 1.165) is 10.3 Å². The zero-order valence-corrected chi connectivity index (χ0v) is 19.7. The van der Waals surface area contributed by atoms with E-state index in [1.807, 2.05) is 24.3 Å². The van der Waals surface area contributed by atoms with Crippen molar-refractivity contribution in [2.24, 2.45) is 0 Å². The molecule has 11 heteroatoms. The summed E-state index contributed by atoms with van der Waals surface area (Å²) in [6, 6.07) is 17.5. The van der Waals surface area contributed by atoms with E-state index >= 15 is 0 Å². The number of halogens is 6. The molecule has 0 aliphatic rings. The maximum absolute atomic E-state index is 13.9. The Labute approximate surface area is 211 Å². The predicted octanol–water partition coefficient (Wildman–Crippen LogP) is 6.86. The van der Waals surface area contributed by atoms with Crippen molar-refractivity contribution in [3.8, 4) is 11.1 Å². The third kappa shape index (κ3) is 4.55. The van der Waals surface area contributed by atoms with Gasteiger partial charge in [0.1, 0.15) is 12.0 Å². The zero-order valence-electron chi connectivity index (χ0n) is 19.7. The minimum atomic E-state index is -4.99. The summed E-state index contributed by atoms with van der Waals surface area (Å²) in [7, 11) is 1.32. The van der Waals surface area contributed by atoms with Crippen molar-refractivity contribution in [1.29, 1.82) is 0 Å². The van der Waals surface area contributed by atoms with E-state index in [2.05, 4.69) is 10.2 Å². The molecule has 0 unspecified atom stereocenters. The van der Waals surface area contributed by atoms with E-state index in [1.165, 1.54) is 17.8 Å². The molecule has 2 aromatic heterocycles. The molecule has 0 aliphatic carbocycles. The topological polar surface area (TPSA) is 50.5 Å². The molecule has 2 heterocycles. The van der Waals surface area contributed by atoms with E-state index in [-0.39, 0.29) is 17.3 Å². The van der Waals surface area contributed by atoms with Crippen LogP contribution in [0, 0.1) is 0 Å². The Morgan fingerprint density at radius 2 is 1.42 bits per heavy atom. The summed E-state index contributed by atoms with van der Waals surface area (Å²) in [6.07, 6.45) is -8.64. The predicted molar refractivity (Wildman–Crippen MR) is 128 cm³/mol. The Balaban J connectivity index is 1.66. The molecule has 194 valence electrons. The van der Waals surface area contributed by atoms with Gasteiger partial charge in [-0.05, 0) is 34.7 Å². The first-order valence-corrected chi connectivity index (χ1v) is 11.3. The molecule has 5 nitrogen and oxygen atoms in total. The van der Waals surface area contributed by atoms with Gasteiger partial charge >= 0.3 is 12.4 Å². The molecule has 0 saturated carbocycles. The number of aromatic nitrogens is 3. The fourth-order valence-electron chi connectivity index (χ4n) is 4.47. The third-order valence-corrected chi connectivity index (χ3v) is 6.14. The molecule has 0 spiro atoms. The lowest BCUT2D eigenvalue weighted by atomic mass is 9.96. The Morgan fingerprint density at radius 3 is 2.03 bits per heavy atom. The molecule has 0 saturated heterocycles. The molecular formula is C27H18F6N4O. The number of carbonyl (C=O) groups is 1. The molecular weight excluding hydrogens is 510 g/mol. The highest BCUT2D eigenvalue weighted by Crippen LogP contribution is 2.38. The van der Waals surface area contributed by atoms with Gasteiger partial charge in [-0.3, -0.25) is 9.20 Å². The van der Waals surface area contributed by atoms with Crippen LogP contribution in [-0.4, -0.2) is 32.5 Å². The summed E-state index contributed by atoms with van der Waals surface area (Å²) in [5.74, 6) is -0.634. The van der Waals surface area contributed by atoms with Crippen LogP contribution in [0.3, 0.4) is 0 Å². The molecule has 0 fully saturated rings. The van der Waals surface area contributed by atoms with Gasteiger partial charge in [0, 0.05) is 24.5 Å². The Bertz CT molecular complexity index is 1630. The number of rotatable bonds is 4. The molecule has 3 aromatic carbocycles. The number of fused-ring (bicyclic) bond motifs is 3. The average Bonchev–Trinajstić information content (AvgIpc) is 3.37. The highest BCUT2D eigenvalue weighted by Gasteiger charge is 2.37. The molecule has 0 bridgehead atoms. The summed E-state index contributed by atoms with van der Waals surface area (Å²) >= 11 is 0. The van der Waals surface area contributed by atoms with Crippen molar-refractivity contribution in [2.45, 2.75) is 18.9 Å². The van der Waals surface area contributed by atoms with Crippen molar-refractivity contribution in [2.75, 3.05) is 7.05 Å². The fraction of sp³-hybridized carbons (Fsp3) is 0.148. The summed E-state index contributed by atoms with van der Waals surface area (Å²) in [6.45, 7) is -0.503. The van der Waals surface area contributed by atoms with E-state index in [1.54, 1.807) is 30.3 Å². The summed E-state index contributed by atoms with van der Waals surface area (Å²) in [5, 5.41) is 9.49. The number of hydrogen-bond donors (Lipinski definition) is 0.